The Labute approximate surface area is 124 Å². The third-order valence-electron chi connectivity index (χ3n) is 2.90. The van der Waals surface area contributed by atoms with E-state index < -0.39 is 16.2 Å². The summed E-state index contributed by atoms with van der Waals surface area (Å²) in [5, 5.41) is -0.000513. The quantitative estimate of drug-likeness (QED) is 0.772. The number of rotatable bonds is 6. The lowest BCUT2D eigenvalue weighted by Gasteiger charge is -2.24. The molecule has 0 bridgehead atoms. The molecule has 0 unspecified atom stereocenters. The molecule has 1 aromatic carbocycles. The number of para-hydroxylation sites is 1. The van der Waals surface area contributed by atoms with Gasteiger partial charge in [0.15, 0.2) is 5.03 Å². The molecule has 0 spiro atoms. The number of nitrogens with zero attached hydrogens (tertiary/aromatic N) is 2. The highest BCUT2D eigenvalue weighted by molar-refractivity contribution is 7.92. The largest absolute Gasteiger partial charge is 0.316 e. The zero-order chi connectivity index (χ0) is 15.3. The Kier molecular flexibility index (Phi) is 4.89. The molecular weight excluding hydrogens is 288 g/mol. The first-order chi connectivity index (χ1) is 10.0. The number of pyridine rings is 1. The SMILES string of the molecule is NC(N)CCN(c1ccccc1)S(=O)(=O)c1ccccn1. The fourth-order valence-corrected chi connectivity index (χ4v) is 3.28. The lowest BCUT2D eigenvalue weighted by atomic mass is 10.3. The van der Waals surface area contributed by atoms with Crippen LogP contribution in [0.5, 0.6) is 0 Å². The van der Waals surface area contributed by atoms with E-state index in [4.69, 9.17) is 11.5 Å². The Balaban J connectivity index is 2.40. The van der Waals surface area contributed by atoms with E-state index in [1.165, 1.54) is 16.6 Å². The first-order valence-corrected chi connectivity index (χ1v) is 7.96. The van der Waals surface area contributed by atoms with Gasteiger partial charge in [0.25, 0.3) is 10.0 Å². The van der Waals surface area contributed by atoms with Crippen LogP contribution in [0.4, 0.5) is 5.69 Å². The van der Waals surface area contributed by atoms with E-state index in [1.54, 1.807) is 36.4 Å². The average molecular weight is 306 g/mol. The number of nitrogens with two attached hydrogens (primary N) is 2. The van der Waals surface area contributed by atoms with E-state index in [-0.39, 0.29) is 11.6 Å². The Morgan fingerprint density at radius 2 is 1.71 bits per heavy atom. The van der Waals surface area contributed by atoms with Crippen molar-refractivity contribution in [2.24, 2.45) is 11.5 Å². The van der Waals surface area contributed by atoms with Gasteiger partial charge in [-0.2, -0.15) is 8.42 Å². The molecule has 0 radical (unpaired) electrons. The summed E-state index contributed by atoms with van der Waals surface area (Å²) in [5.41, 5.74) is 11.6. The van der Waals surface area contributed by atoms with Crippen molar-refractivity contribution in [2.75, 3.05) is 10.8 Å². The molecule has 4 N–H and O–H groups in total. The molecule has 0 amide bonds. The molecule has 0 atom stereocenters. The van der Waals surface area contributed by atoms with Gasteiger partial charge in [-0.1, -0.05) is 24.3 Å². The first-order valence-electron chi connectivity index (χ1n) is 6.52. The molecular formula is C14H18N4O2S. The van der Waals surface area contributed by atoms with Crippen LogP contribution in [0.1, 0.15) is 6.42 Å². The molecule has 0 aliphatic rings. The van der Waals surface area contributed by atoms with Gasteiger partial charge in [0.05, 0.1) is 11.9 Å². The lowest BCUT2D eigenvalue weighted by Crippen LogP contribution is -2.39. The van der Waals surface area contributed by atoms with Gasteiger partial charge in [-0.3, -0.25) is 4.31 Å². The summed E-state index contributed by atoms with van der Waals surface area (Å²) in [6.07, 6.45) is 1.22. The number of sulfonamides is 1. The average Bonchev–Trinajstić information content (AvgIpc) is 2.49. The smallest absolute Gasteiger partial charge is 0.281 e. The Bertz CT molecular complexity index is 660. The van der Waals surface area contributed by atoms with Gasteiger partial charge in [-0.05, 0) is 30.7 Å². The summed E-state index contributed by atoms with van der Waals surface area (Å²) in [6.45, 7) is 0.195. The normalized spacial score (nSPS) is 11.6. The van der Waals surface area contributed by atoms with Gasteiger partial charge < -0.3 is 11.5 Å². The van der Waals surface area contributed by atoms with Crippen molar-refractivity contribution in [3.05, 3.63) is 54.7 Å². The summed E-state index contributed by atoms with van der Waals surface area (Å²) < 4.78 is 26.7. The van der Waals surface area contributed by atoms with Crippen LogP contribution in [-0.4, -0.2) is 26.1 Å². The van der Waals surface area contributed by atoms with Gasteiger partial charge in [-0.25, -0.2) is 4.98 Å². The van der Waals surface area contributed by atoms with Crippen molar-refractivity contribution in [3.8, 4) is 0 Å². The highest BCUT2D eigenvalue weighted by Crippen LogP contribution is 2.22. The molecule has 0 fully saturated rings. The van der Waals surface area contributed by atoms with Crippen LogP contribution in [0, 0.1) is 0 Å². The monoisotopic (exact) mass is 306 g/mol. The highest BCUT2D eigenvalue weighted by atomic mass is 32.2. The van der Waals surface area contributed by atoms with Crippen LogP contribution in [-0.2, 0) is 10.0 Å². The molecule has 21 heavy (non-hydrogen) atoms. The predicted molar refractivity (Wildman–Crippen MR) is 82.0 cm³/mol. The van der Waals surface area contributed by atoms with Crippen LogP contribution in [0.15, 0.2) is 59.8 Å². The van der Waals surface area contributed by atoms with E-state index in [2.05, 4.69) is 4.98 Å². The fourth-order valence-electron chi connectivity index (χ4n) is 1.86. The third-order valence-corrected chi connectivity index (χ3v) is 4.65. The maximum atomic E-state index is 12.7. The Hall–Kier alpha value is -1.96. The van der Waals surface area contributed by atoms with E-state index >= 15 is 0 Å². The molecule has 112 valence electrons. The van der Waals surface area contributed by atoms with Gasteiger partial charge in [0.2, 0.25) is 0 Å². The second kappa shape index (κ2) is 6.66. The lowest BCUT2D eigenvalue weighted by molar-refractivity contribution is 0.579. The second-order valence-corrected chi connectivity index (χ2v) is 6.34. The van der Waals surface area contributed by atoms with E-state index in [1.807, 2.05) is 6.07 Å². The topological polar surface area (TPSA) is 102 Å². The minimum absolute atomic E-state index is 0.000513. The molecule has 2 rings (SSSR count). The van der Waals surface area contributed by atoms with Gasteiger partial charge in [0, 0.05) is 12.7 Å². The van der Waals surface area contributed by atoms with Crippen molar-refractivity contribution in [3.63, 3.8) is 0 Å². The number of hydrogen-bond donors (Lipinski definition) is 2. The molecule has 0 aliphatic carbocycles. The van der Waals surface area contributed by atoms with Crippen LogP contribution < -0.4 is 15.8 Å². The summed E-state index contributed by atoms with van der Waals surface area (Å²) >= 11 is 0. The Morgan fingerprint density at radius 3 is 2.29 bits per heavy atom. The standard InChI is InChI=1S/C14H18N4O2S/c15-13(16)9-11-18(12-6-2-1-3-7-12)21(19,20)14-8-4-5-10-17-14/h1-8,10,13H,9,11,15-16H2. The molecule has 0 aliphatic heterocycles. The number of aromatic nitrogens is 1. The number of anilines is 1. The molecule has 1 aromatic heterocycles. The summed E-state index contributed by atoms with van der Waals surface area (Å²) in [7, 11) is -3.74. The van der Waals surface area contributed by atoms with Crippen LogP contribution >= 0.6 is 0 Å². The molecule has 1 heterocycles. The summed E-state index contributed by atoms with van der Waals surface area (Å²) in [6, 6.07) is 13.6. The molecule has 7 heteroatoms. The first kappa shape index (κ1) is 15.4. The second-order valence-electron chi connectivity index (χ2n) is 4.53. The van der Waals surface area contributed by atoms with E-state index in [0.29, 0.717) is 12.1 Å². The van der Waals surface area contributed by atoms with Crippen molar-refractivity contribution >= 4 is 15.7 Å². The van der Waals surface area contributed by atoms with Gasteiger partial charge in [0.1, 0.15) is 0 Å². The van der Waals surface area contributed by atoms with Crippen molar-refractivity contribution < 1.29 is 8.42 Å². The predicted octanol–water partition coefficient (Wildman–Crippen LogP) is 0.910. The summed E-state index contributed by atoms with van der Waals surface area (Å²) in [4.78, 5) is 3.93. The maximum absolute atomic E-state index is 12.7. The highest BCUT2D eigenvalue weighted by Gasteiger charge is 2.25. The van der Waals surface area contributed by atoms with Gasteiger partial charge >= 0.3 is 0 Å². The fraction of sp³-hybridized carbons (Fsp3) is 0.214. The van der Waals surface area contributed by atoms with Crippen molar-refractivity contribution in [1.82, 2.24) is 4.98 Å². The Morgan fingerprint density at radius 1 is 1.05 bits per heavy atom. The molecule has 0 saturated heterocycles. The van der Waals surface area contributed by atoms with E-state index in [9.17, 15) is 8.42 Å². The number of hydrogen-bond acceptors (Lipinski definition) is 5. The maximum Gasteiger partial charge on any atom is 0.281 e. The summed E-state index contributed by atoms with van der Waals surface area (Å²) in [5.74, 6) is 0. The van der Waals surface area contributed by atoms with Gasteiger partial charge in [-0.15, -0.1) is 0 Å². The third kappa shape index (κ3) is 3.78. The minimum atomic E-state index is -3.74. The number of benzene rings is 1. The van der Waals surface area contributed by atoms with Crippen molar-refractivity contribution in [1.29, 1.82) is 0 Å². The van der Waals surface area contributed by atoms with Crippen molar-refractivity contribution in [2.45, 2.75) is 17.6 Å². The minimum Gasteiger partial charge on any atom is -0.316 e. The zero-order valence-corrected chi connectivity index (χ0v) is 12.3. The molecule has 0 saturated carbocycles. The molecule has 2 aromatic rings. The van der Waals surface area contributed by atoms with E-state index in [0.717, 1.165) is 0 Å². The zero-order valence-electron chi connectivity index (χ0n) is 11.5. The van der Waals surface area contributed by atoms with Crippen LogP contribution in [0.3, 0.4) is 0 Å². The molecule has 6 nitrogen and oxygen atoms in total. The van der Waals surface area contributed by atoms with Crippen LogP contribution in [0.2, 0.25) is 0 Å². The van der Waals surface area contributed by atoms with Crippen LogP contribution in [0.25, 0.3) is 0 Å².